The molecule has 0 saturated heterocycles. The first-order chi connectivity index (χ1) is 6.08. The molecule has 0 saturated carbocycles. The molecule has 1 heterocycles. The summed E-state index contributed by atoms with van der Waals surface area (Å²) in [5.74, 6) is 0.0326. The van der Waals surface area contributed by atoms with E-state index in [2.05, 4.69) is 0 Å². The maximum absolute atomic E-state index is 11.6. The molecule has 0 radical (unpaired) electrons. The van der Waals surface area contributed by atoms with Crippen molar-refractivity contribution in [2.75, 3.05) is 12.4 Å². The van der Waals surface area contributed by atoms with Crippen LogP contribution in [-0.4, -0.2) is 25.9 Å². The van der Waals surface area contributed by atoms with Crippen LogP contribution in [-0.2, 0) is 9.84 Å². The molecule has 3 nitrogen and oxygen atoms in total. The molecule has 0 unspecified atom stereocenters. The first kappa shape index (κ1) is 10.7. The highest BCUT2D eigenvalue weighted by atomic mass is 32.2. The van der Waals surface area contributed by atoms with E-state index in [0.29, 0.717) is 10.6 Å². The minimum Gasteiger partial charge on any atom is -0.396 e. The molecule has 0 atom stereocenters. The minimum atomic E-state index is -3.15. The third kappa shape index (κ3) is 2.52. The van der Waals surface area contributed by atoms with Crippen LogP contribution >= 0.6 is 11.3 Å². The van der Waals surface area contributed by atoms with Crippen LogP contribution in [0.1, 0.15) is 12.0 Å². The summed E-state index contributed by atoms with van der Waals surface area (Å²) in [6, 6.07) is 1.79. The van der Waals surface area contributed by atoms with Crippen molar-refractivity contribution in [1.82, 2.24) is 0 Å². The number of hydrogen-bond acceptors (Lipinski definition) is 4. The second-order valence-electron chi connectivity index (χ2n) is 2.79. The van der Waals surface area contributed by atoms with Crippen LogP contribution < -0.4 is 0 Å². The predicted molar refractivity (Wildman–Crippen MR) is 52.8 cm³/mol. The molecule has 74 valence electrons. The van der Waals surface area contributed by atoms with Crippen molar-refractivity contribution >= 4 is 21.2 Å². The van der Waals surface area contributed by atoms with Gasteiger partial charge in [-0.1, -0.05) is 0 Å². The first-order valence-electron chi connectivity index (χ1n) is 3.95. The summed E-state index contributed by atoms with van der Waals surface area (Å²) in [7, 11) is -3.15. The average molecular weight is 220 g/mol. The summed E-state index contributed by atoms with van der Waals surface area (Å²) in [5, 5.41) is 10.3. The molecule has 1 aromatic rings. The molecule has 0 aliphatic rings. The van der Waals surface area contributed by atoms with Crippen LogP contribution in [0, 0.1) is 6.92 Å². The number of rotatable bonds is 4. The molecule has 5 heteroatoms. The summed E-state index contributed by atoms with van der Waals surface area (Å²) in [4.78, 5) is 0. The second-order valence-corrected chi connectivity index (χ2v) is 6.01. The molecule has 0 aliphatic heterocycles. The van der Waals surface area contributed by atoms with Gasteiger partial charge in [-0.3, -0.25) is 0 Å². The van der Waals surface area contributed by atoms with Gasteiger partial charge in [-0.25, -0.2) is 8.42 Å². The number of hydrogen-bond donors (Lipinski definition) is 1. The van der Waals surface area contributed by atoms with Gasteiger partial charge in [-0.2, -0.15) is 0 Å². The summed E-state index contributed by atoms with van der Waals surface area (Å²) in [6.07, 6.45) is 0.305. The smallest absolute Gasteiger partial charge is 0.188 e. The fourth-order valence-electron chi connectivity index (χ4n) is 1.02. The van der Waals surface area contributed by atoms with Gasteiger partial charge >= 0.3 is 0 Å². The van der Waals surface area contributed by atoms with Gasteiger partial charge in [0.1, 0.15) is 4.21 Å². The van der Waals surface area contributed by atoms with E-state index in [1.807, 2.05) is 0 Å². The second kappa shape index (κ2) is 4.21. The van der Waals surface area contributed by atoms with Crippen LogP contribution in [0.5, 0.6) is 0 Å². The molecule has 0 aliphatic carbocycles. The number of aryl methyl sites for hydroxylation is 1. The summed E-state index contributed by atoms with van der Waals surface area (Å²) in [5.41, 5.74) is 0.794. The van der Waals surface area contributed by atoms with Crippen LogP contribution in [0.3, 0.4) is 0 Å². The van der Waals surface area contributed by atoms with Gasteiger partial charge in [-0.15, -0.1) is 11.3 Å². The molecular weight excluding hydrogens is 208 g/mol. The lowest BCUT2D eigenvalue weighted by Gasteiger charge is -2.00. The maximum Gasteiger partial charge on any atom is 0.188 e. The Hall–Kier alpha value is -0.390. The topological polar surface area (TPSA) is 54.4 Å². The third-order valence-electron chi connectivity index (χ3n) is 1.67. The Morgan fingerprint density at radius 1 is 1.54 bits per heavy atom. The molecule has 0 fully saturated rings. The summed E-state index contributed by atoms with van der Waals surface area (Å²) in [6.45, 7) is 1.70. The van der Waals surface area contributed by atoms with E-state index in [1.165, 1.54) is 11.3 Å². The Balaban J connectivity index is 2.88. The van der Waals surface area contributed by atoms with Gasteiger partial charge in [0.2, 0.25) is 0 Å². The lowest BCUT2D eigenvalue weighted by Crippen LogP contribution is -2.07. The molecular formula is C8H12O3S2. The van der Waals surface area contributed by atoms with Crippen LogP contribution in [0.15, 0.2) is 15.7 Å². The number of sulfone groups is 1. The number of aliphatic hydroxyl groups excluding tert-OH is 1. The van der Waals surface area contributed by atoms with Crippen molar-refractivity contribution in [2.24, 2.45) is 0 Å². The van der Waals surface area contributed by atoms with Crippen molar-refractivity contribution in [3.8, 4) is 0 Å². The van der Waals surface area contributed by atoms with Crippen molar-refractivity contribution in [3.05, 3.63) is 17.0 Å². The molecule has 1 aromatic heterocycles. The zero-order valence-corrected chi connectivity index (χ0v) is 8.99. The Kier molecular flexibility index (Phi) is 3.47. The third-order valence-corrected chi connectivity index (χ3v) is 5.24. The lowest BCUT2D eigenvalue weighted by molar-refractivity contribution is 0.295. The van der Waals surface area contributed by atoms with Gasteiger partial charge in [0.05, 0.1) is 5.75 Å². The highest BCUT2D eigenvalue weighted by Gasteiger charge is 2.17. The average Bonchev–Trinajstić information content (AvgIpc) is 2.48. The van der Waals surface area contributed by atoms with E-state index in [0.717, 1.165) is 5.56 Å². The maximum atomic E-state index is 11.6. The van der Waals surface area contributed by atoms with Crippen LogP contribution in [0.25, 0.3) is 0 Å². The van der Waals surface area contributed by atoms with E-state index in [-0.39, 0.29) is 12.4 Å². The standard InChI is InChI=1S/C8H12O3S2/c1-7-3-5-12-8(7)13(10,11)6-2-4-9/h3,5,9H,2,4,6H2,1H3. The normalized spacial score (nSPS) is 11.8. The van der Waals surface area contributed by atoms with Crippen molar-refractivity contribution in [2.45, 2.75) is 17.6 Å². The Bertz CT molecular complexity index is 364. The van der Waals surface area contributed by atoms with E-state index >= 15 is 0 Å². The van der Waals surface area contributed by atoms with Gasteiger partial charge in [-0.05, 0) is 30.4 Å². The van der Waals surface area contributed by atoms with Gasteiger partial charge in [0.25, 0.3) is 0 Å². The summed E-state index contributed by atoms with van der Waals surface area (Å²) >= 11 is 1.24. The number of aliphatic hydroxyl groups is 1. The van der Waals surface area contributed by atoms with Gasteiger partial charge < -0.3 is 5.11 Å². The Morgan fingerprint density at radius 3 is 2.69 bits per heavy atom. The zero-order valence-electron chi connectivity index (χ0n) is 7.36. The van der Waals surface area contributed by atoms with Crippen LogP contribution in [0.4, 0.5) is 0 Å². The van der Waals surface area contributed by atoms with Gasteiger partial charge in [0.15, 0.2) is 9.84 Å². The number of thiophene rings is 1. The molecule has 0 amide bonds. The fraction of sp³-hybridized carbons (Fsp3) is 0.500. The molecule has 0 bridgehead atoms. The van der Waals surface area contributed by atoms with Crippen molar-refractivity contribution < 1.29 is 13.5 Å². The largest absolute Gasteiger partial charge is 0.396 e. The van der Waals surface area contributed by atoms with E-state index in [4.69, 9.17) is 5.11 Å². The van der Waals surface area contributed by atoms with Crippen molar-refractivity contribution in [1.29, 1.82) is 0 Å². The molecule has 13 heavy (non-hydrogen) atoms. The molecule has 0 aromatic carbocycles. The molecule has 1 N–H and O–H groups in total. The zero-order chi connectivity index (χ0) is 9.90. The predicted octanol–water partition coefficient (Wildman–Crippen LogP) is 1.21. The summed E-state index contributed by atoms with van der Waals surface area (Å²) < 4.78 is 23.6. The highest BCUT2D eigenvalue weighted by molar-refractivity contribution is 7.93. The monoisotopic (exact) mass is 220 g/mol. The lowest BCUT2D eigenvalue weighted by atomic mass is 10.4. The van der Waals surface area contributed by atoms with E-state index < -0.39 is 9.84 Å². The molecule has 0 spiro atoms. The minimum absolute atomic E-state index is 0.0326. The first-order valence-corrected chi connectivity index (χ1v) is 6.49. The Morgan fingerprint density at radius 2 is 2.23 bits per heavy atom. The van der Waals surface area contributed by atoms with Gasteiger partial charge in [0, 0.05) is 6.61 Å². The van der Waals surface area contributed by atoms with Crippen molar-refractivity contribution in [3.63, 3.8) is 0 Å². The highest BCUT2D eigenvalue weighted by Crippen LogP contribution is 2.23. The fourth-order valence-corrected chi connectivity index (χ4v) is 3.93. The van der Waals surface area contributed by atoms with E-state index in [1.54, 1.807) is 18.4 Å². The Labute approximate surface area is 82.0 Å². The SMILES string of the molecule is Cc1ccsc1S(=O)(=O)CCCO. The quantitative estimate of drug-likeness (QED) is 0.830. The van der Waals surface area contributed by atoms with E-state index in [9.17, 15) is 8.42 Å². The van der Waals surface area contributed by atoms with Crippen LogP contribution in [0.2, 0.25) is 0 Å². The molecule has 1 rings (SSSR count).